The maximum absolute atomic E-state index is 12.7. The normalized spacial score (nSPS) is 17.3. The number of piperidine rings is 1. The molecule has 0 radical (unpaired) electrons. The molecule has 1 aliphatic heterocycles. The number of aryl methyl sites for hydroxylation is 2. The fourth-order valence-electron chi connectivity index (χ4n) is 3.19. The molecule has 1 aliphatic rings. The van der Waals surface area contributed by atoms with Gasteiger partial charge in [-0.05, 0) is 55.3 Å². The molecule has 10 heteroatoms. The number of hydrazine groups is 1. The minimum absolute atomic E-state index is 0.0843. The zero-order valence-corrected chi connectivity index (χ0v) is 18.5. The van der Waals surface area contributed by atoms with Crippen LogP contribution in [0, 0.1) is 19.8 Å². The summed E-state index contributed by atoms with van der Waals surface area (Å²) in [5.74, 6) is -0.837. The molecule has 2 heterocycles. The van der Waals surface area contributed by atoms with Crippen molar-refractivity contribution >= 4 is 33.2 Å². The zero-order valence-electron chi connectivity index (χ0n) is 16.9. The van der Waals surface area contributed by atoms with Gasteiger partial charge in [0.05, 0.1) is 5.92 Å². The first-order chi connectivity index (χ1) is 14.3. The van der Waals surface area contributed by atoms with Crippen molar-refractivity contribution in [2.75, 3.05) is 19.7 Å². The van der Waals surface area contributed by atoms with Crippen molar-refractivity contribution in [2.24, 2.45) is 5.92 Å². The Balaban J connectivity index is 1.49. The molecule has 1 saturated heterocycles. The molecule has 2 aromatic rings. The van der Waals surface area contributed by atoms with Crippen molar-refractivity contribution in [2.45, 2.75) is 30.9 Å². The van der Waals surface area contributed by atoms with Crippen molar-refractivity contribution in [1.29, 1.82) is 0 Å². The average Bonchev–Trinajstić information content (AvgIpc) is 3.28. The summed E-state index contributed by atoms with van der Waals surface area (Å²) in [7, 11) is -3.60. The highest BCUT2D eigenvalue weighted by Gasteiger charge is 2.33. The molecule has 2 amide bonds. The molecule has 1 aromatic heterocycles. The summed E-state index contributed by atoms with van der Waals surface area (Å²) in [6.45, 7) is 4.03. The third-order valence-electron chi connectivity index (χ3n) is 4.87. The Kier molecular flexibility index (Phi) is 7.11. The van der Waals surface area contributed by atoms with Crippen molar-refractivity contribution in [3.8, 4) is 5.75 Å². The number of carbonyl (C=O) groups excluding carboxylic acids is 2. The van der Waals surface area contributed by atoms with Gasteiger partial charge in [-0.2, -0.15) is 4.31 Å². The van der Waals surface area contributed by atoms with Gasteiger partial charge in [-0.3, -0.25) is 20.4 Å². The molecule has 8 nitrogen and oxygen atoms in total. The average molecular weight is 452 g/mol. The number of hydrogen-bond acceptors (Lipinski definition) is 6. The Morgan fingerprint density at radius 3 is 2.77 bits per heavy atom. The maximum Gasteiger partial charge on any atom is 0.276 e. The Morgan fingerprint density at radius 1 is 1.23 bits per heavy atom. The summed E-state index contributed by atoms with van der Waals surface area (Å²) in [5.41, 5.74) is 6.65. The largest absolute Gasteiger partial charge is 0.483 e. The predicted molar refractivity (Wildman–Crippen MR) is 113 cm³/mol. The predicted octanol–water partition coefficient (Wildman–Crippen LogP) is 1.99. The summed E-state index contributed by atoms with van der Waals surface area (Å²) in [6.07, 6.45) is 1.13. The lowest BCUT2D eigenvalue weighted by Gasteiger charge is -2.30. The van der Waals surface area contributed by atoms with Crippen LogP contribution in [0.4, 0.5) is 0 Å². The lowest BCUT2D eigenvalue weighted by atomic mass is 9.99. The zero-order chi connectivity index (χ0) is 21.7. The van der Waals surface area contributed by atoms with Crippen molar-refractivity contribution in [1.82, 2.24) is 15.2 Å². The number of ether oxygens (including phenoxy) is 1. The van der Waals surface area contributed by atoms with Crippen molar-refractivity contribution < 1.29 is 22.7 Å². The van der Waals surface area contributed by atoms with Gasteiger partial charge in [-0.25, -0.2) is 8.42 Å². The van der Waals surface area contributed by atoms with Crippen LogP contribution < -0.4 is 15.6 Å². The minimum atomic E-state index is -3.60. The topological polar surface area (TPSA) is 105 Å². The van der Waals surface area contributed by atoms with Crippen LogP contribution in [0.1, 0.15) is 24.0 Å². The lowest BCUT2D eigenvalue weighted by Crippen LogP contribution is -2.50. The molecule has 1 atom stereocenters. The second-order valence-electron chi connectivity index (χ2n) is 7.23. The molecule has 1 unspecified atom stereocenters. The van der Waals surface area contributed by atoms with Gasteiger partial charge in [-0.1, -0.05) is 18.2 Å². The van der Waals surface area contributed by atoms with Crippen LogP contribution in [0.2, 0.25) is 0 Å². The Bertz CT molecular complexity index is 1010. The minimum Gasteiger partial charge on any atom is -0.483 e. The van der Waals surface area contributed by atoms with Crippen molar-refractivity contribution in [3.63, 3.8) is 0 Å². The van der Waals surface area contributed by atoms with Gasteiger partial charge in [0.1, 0.15) is 9.96 Å². The number of benzene rings is 1. The highest BCUT2D eigenvalue weighted by Crippen LogP contribution is 2.26. The Hall–Kier alpha value is -2.43. The molecular formula is C20H25N3O5S2. The fourth-order valence-corrected chi connectivity index (χ4v) is 5.86. The van der Waals surface area contributed by atoms with Crippen LogP contribution >= 0.6 is 11.3 Å². The summed E-state index contributed by atoms with van der Waals surface area (Å²) < 4.78 is 32.5. The van der Waals surface area contributed by atoms with E-state index in [9.17, 15) is 18.0 Å². The van der Waals surface area contributed by atoms with E-state index in [-0.39, 0.29) is 17.4 Å². The molecule has 0 bridgehead atoms. The molecule has 162 valence electrons. The summed E-state index contributed by atoms with van der Waals surface area (Å²) in [6, 6.07) is 8.94. The van der Waals surface area contributed by atoms with Gasteiger partial charge in [0.2, 0.25) is 5.91 Å². The number of amides is 2. The molecule has 30 heavy (non-hydrogen) atoms. The third kappa shape index (κ3) is 5.38. The van der Waals surface area contributed by atoms with E-state index in [2.05, 4.69) is 10.9 Å². The summed E-state index contributed by atoms with van der Waals surface area (Å²) >= 11 is 1.15. The van der Waals surface area contributed by atoms with E-state index >= 15 is 0 Å². The standard InChI is InChI=1S/C20H25N3O5S2/c1-14-7-8-15(2)17(11-14)28-13-18(24)21-22-20(25)16-5-3-9-23(12-16)30(26,27)19-6-4-10-29-19/h4,6-8,10-11,16H,3,5,9,12-13H2,1-2H3,(H,21,24)(H,22,25). The number of hydrogen-bond donors (Lipinski definition) is 2. The van der Waals surface area contributed by atoms with Crippen LogP contribution in [0.3, 0.4) is 0 Å². The fraction of sp³-hybridized carbons (Fsp3) is 0.400. The lowest BCUT2D eigenvalue weighted by molar-refractivity contribution is -0.132. The van der Waals surface area contributed by atoms with E-state index in [4.69, 9.17) is 4.74 Å². The van der Waals surface area contributed by atoms with Gasteiger partial charge in [-0.15, -0.1) is 11.3 Å². The number of thiophene rings is 1. The van der Waals surface area contributed by atoms with Crippen LogP contribution in [0.5, 0.6) is 5.75 Å². The summed E-state index contributed by atoms with van der Waals surface area (Å²) in [5, 5.41) is 1.71. The molecule has 0 saturated carbocycles. The summed E-state index contributed by atoms with van der Waals surface area (Å²) in [4.78, 5) is 24.5. The van der Waals surface area contributed by atoms with Crippen LogP contribution in [-0.4, -0.2) is 44.2 Å². The first kappa shape index (κ1) is 22.3. The van der Waals surface area contributed by atoms with Crippen molar-refractivity contribution in [3.05, 3.63) is 46.8 Å². The van der Waals surface area contributed by atoms with E-state index in [1.54, 1.807) is 17.5 Å². The second-order valence-corrected chi connectivity index (χ2v) is 10.3. The first-order valence-corrected chi connectivity index (χ1v) is 11.9. The number of nitrogens with zero attached hydrogens (tertiary/aromatic N) is 1. The van der Waals surface area contributed by atoms with E-state index in [0.29, 0.717) is 25.1 Å². The van der Waals surface area contributed by atoms with Gasteiger partial charge in [0, 0.05) is 13.1 Å². The Labute approximate surface area is 180 Å². The van der Waals surface area contributed by atoms with E-state index in [1.165, 1.54) is 4.31 Å². The molecular weight excluding hydrogens is 426 g/mol. The van der Waals surface area contributed by atoms with Crippen LogP contribution in [-0.2, 0) is 19.6 Å². The quantitative estimate of drug-likeness (QED) is 0.654. The third-order valence-corrected chi connectivity index (χ3v) is 8.11. The first-order valence-electron chi connectivity index (χ1n) is 9.60. The van der Waals surface area contributed by atoms with Gasteiger partial charge in [0.15, 0.2) is 6.61 Å². The molecule has 1 fully saturated rings. The monoisotopic (exact) mass is 451 g/mol. The molecule has 0 aliphatic carbocycles. The number of sulfonamides is 1. The van der Waals surface area contributed by atoms with E-state index < -0.39 is 27.8 Å². The molecule has 0 spiro atoms. The SMILES string of the molecule is Cc1ccc(C)c(OCC(=O)NNC(=O)C2CCCN(S(=O)(=O)c3cccs3)C2)c1. The highest BCUT2D eigenvalue weighted by molar-refractivity contribution is 7.91. The van der Waals surface area contributed by atoms with Crippen LogP contribution in [0.25, 0.3) is 0 Å². The Morgan fingerprint density at radius 2 is 2.03 bits per heavy atom. The van der Waals surface area contributed by atoms with Gasteiger partial charge >= 0.3 is 0 Å². The second kappa shape index (κ2) is 9.59. The molecule has 2 N–H and O–H groups in total. The van der Waals surface area contributed by atoms with Crippen LogP contribution in [0.15, 0.2) is 39.9 Å². The molecule has 3 rings (SSSR count). The highest BCUT2D eigenvalue weighted by atomic mass is 32.2. The van der Waals surface area contributed by atoms with Gasteiger partial charge in [0.25, 0.3) is 15.9 Å². The van der Waals surface area contributed by atoms with E-state index in [0.717, 1.165) is 22.5 Å². The molecule has 1 aromatic carbocycles. The number of carbonyl (C=O) groups is 2. The van der Waals surface area contributed by atoms with E-state index in [1.807, 2.05) is 32.0 Å². The maximum atomic E-state index is 12.7. The number of rotatable bonds is 6. The van der Waals surface area contributed by atoms with Gasteiger partial charge < -0.3 is 4.74 Å². The number of nitrogens with one attached hydrogen (secondary N) is 2. The smallest absolute Gasteiger partial charge is 0.276 e.